The van der Waals surface area contributed by atoms with Gasteiger partial charge in [0, 0.05) is 32.4 Å². The predicted octanol–water partition coefficient (Wildman–Crippen LogP) is 2.27. The summed E-state index contributed by atoms with van der Waals surface area (Å²) in [5.41, 5.74) is 2.32. The lowest BCUT2D eigenvalue weighted by molar-refractivity contribution is -0.120. The molecule has 30 heavy (non-hydrogen) atoms. The number of amides is 2. The molecule has 0 aliphatic heterocycles. The topological polar surface area (TPSA) is 117 Å². The lowest BCUT2D eigenvalue weighted by atomic mass is 10.1. The number of carbonyl (C=O) groups is 2. The van der Waals surface area contributed by atoms with E-state index in [2.05, 4.69) is 15.8 Å². The van der Waals surface area contributed by atoms with Gasteiger partial charge in [0.25, 0.3) is 5.91 Å². The van der Waals surface area contributed by atoms with E-state index in [-0.39, 0.29) is 17.4 Å². The molecule has 160 valence electrons. The maximum absolute atomic E-state index is 12.2. The minimum atomic E-state index is -3.60. The highest BCUT2D eigenvalue weighted by Gasteiger charge is 2.17. The van der Waals surface area contributed by atoms with Crippen molar-refractivity contribution < 1.29 is 22.8 Å². The molecule has 0 spiro atoms. The number of anilines is 2. The maximum Gasteiger partial charge on any atom is 0.265 e. The highest BCUT2D eigenvalue weighted by molar-refractivity contribution is 7.89. The fourth-order valence-corrected chi connectivity index (χ4v) is 3.33. The molecule has 0 unspecified atom stereocenters. The van der Waals surface area contributed by atoms with Gasteiger partial charge in [-0.1, -0.05) is 23.4 Å². The third-order valence-corrected chi connectivity index (χ3v) is 5.73. The molecular weight excluding hydrogens is 408 g/mol. The highest BCUT2D eigenvalue weighted by Crippen LogP contribution is 2.18. The molecule has 0 saturated carbocycles. The molecule has 0 fully saturated rings. The van der Waals surface area contributed by atoms with Gasteiger partial charge in [0.2, 0.25) is 15.9 Å². The van der Waals surface area contributed by atoms with Gasteiger partial charge in [0.1, 0.15) is 0 Å². The van der Waals surface area contributed by atoms with Gasteiger partial charge in [-0.2, -0.15) is 0 Å². The smallest absolute Gasteiger partial charge is 0.265 e. The fourth-order valence-electron chi connectivity index (χ4n) is 2.38. The monoisotopic (exact) mass is 432 g/mol. The number of sulfonamides is 1. The van der Waals surface area contributed by atoms with Gasteiger partial charge in [-0.3, -0.25) is 9.59 Å². The van der Waals surface area contributed by atoms with Crippen molar-refractivity contribution in [3.8, 4) is 0 Å². The van der Waals surface area contributed by atoms with E-state index in [9.17, 15) is 18.0 Å². The van der Waals surface area contributed by atoms with E-state index >= 15 is 0 Å². The minimum absolute atomic E-state index is 0.0720. The van der Waals surface area contributed by atoms with Crippen LogP contribution in [0.3, 0.4) is 0 Å². The SMILES string of the molecule is CC(=O)Nc1ccc(/C(C)=N\OCC(=O)Nc2cccc(S(=O)(=O)N(C)C)c2)cc1. The van der Waals surface area contributed by atoms with Crippen LogP contribution < -0.4 is 10.6 Å². The lowest BCUT2D eigenvalue weighted by Gasteiger charge is -2.12. The zero-order chi connectivity index (χ0) is 22.3. The van der Waals surface area contributed by atoms with Crippen LogP contribution in [0.5, 0.6) is 0 Å². The highest BCUT2D eigenvalue weighted by atomic mass is 32.2. The summed E-state index contributed by atoms with van der Waals surface area (Å²) < 4.78 is 25.4. The van der Waals surface area contributed by atoms with Crippen LogP contribution in [0.15, 0.2) is 58.6 Å². The summed E-state index contributed by atoms with van der Waals surface area (Å²) in [4.78, 5) is 28.3. The zero-order valence-electron chi connectivity index (χ0n) is 17.2. The molecular formula is C20H24N4O5S. The Kier molecular flexibility index (Phi) is 7.67. The Morgan fingerprint density at radius 2 is 1.67 bits per heavy atom. The lowest BCUT2D eigenvalue weighted by Crippen LogP contribution is -2.22. The molecule has 2 N–H and O–H groups in total. The van der Waals surface area contributed by atoms with E-state index in [1.165, 1.54) is 33.2 Å². The molecule has 0 radical (unpaired) electrons. The second-order valence-electron chi connectivity index (χ2n) is 6.57. The van der Waals surface area contributed by atoms with E-state index in [0.717, 1.165) is 9.87 Å². The second-order valence-corrected chi connectivity index (χ2v) is 8.72. The van der Waals surface area contributed by atoms with Gasteiger partial charge in [-0.15, -0.1) is 0 Å². The molecule has 0 atom stereocenters. The molecule has 9 nitrogen and oxygen atoms in total. The van der Waals surface area contributed by atoms with Crippen LogP contribution in [-0.2, 0) is 24.4 Å². The number of oxime groups is 1. The largest absolute Gasteiger partial charge is 0.385 e. The van der Waals surface area contributed by atoms with Crippen molar-refractivity contribution >= 4 is 38.9 Å². The number of carbonyl (C=O) groups excluding carboxylic acids is 2. The molecule has 2 aromatic carbocycles. The molecule has 2 aromatic rings. The summed E-state index contributed by atoms with van der Waals surface area (Å²) in [6, 6.07) is 12.9. The van der Waals surface area contributed by atoms with Crippen molar-refractivity contribution in [2.45, 2.75) is 18.7 Å². The molecule has 2 rings (SSSR count). The Morgan fingerprint density at radius 1 is 1.00 bits per heavy atom. The number of rotatable bonds is 8. The van der Waals surface area contributed by atoms with Crippen LogP contribution in [0.25, 0.3) is 0 Å². The standard InChI is InChI=1S/C20H24N4O5S/c1-14(16-8-10-17(11-9-16)21-15(2)25)23-29-13-20(26)22-18-6-5-7-19(12-18)30(27,28)24(3)4/h5-12H,13H2,1-4H3,(H,21,25)(H,22,26)/b23-14-. The van der Waals surface area contributed by atoms with E-state index in [4.69, 9.17) is 4.84 Å². The third-order valence-electron chi connectivity index (χ3n) is 3.92. The Labute approximate surface area is 175 Å². The molecule has 0 heterocycles. The molecule has 0 bridgehead atoms. The normalized spacial score (nSPS) is 11.8. The quantitative estimate of drug-likeness (QED) is 0.490. The second kappa shape index (κ2) is 9.99. The molecule has 0 saturated heterocycles. The number of hydrogen-bond acceptors (Lipinski definition) is 6. The van der Waals surface area contributed by atoms with Gasteiger partial charge in [0.05, 0.1) is 10.6 Å². The molecule has 0 aliphatic rings. The predicted molar refractivity (Wildman–Crippen MR) is 115 cm³/mol. The molecule has 0 aliphatic carbocycles. The van der Waals surface area contributed by atoms with Crippen molar-refractivity contribution in [3.63, 3.8) is 0 Å². The van der Waals surface area contributed by atoms with Crippen LogP contribution in [-0.4, -0.2) is 51.0 Å². The number of benzene rings is 2. The Balaban J connectivity index is 1.94. The first-order valence-corrected chi connectivity index (χ1v) is 10.4. The number of hydrogen-bond donors (Lipinski definition) is 2. The van der Waals surface area contributed by atoms with Gasteiger partial charge in [0.15, 0.2) is 6.61 Å². The summed E-state index contributed by atoms with van der Waals surface area (Å²) >= 11 is 0. The number of nitrogens with zero attached hydrogens (tertiary/aromatic N) is 2. The Bertz CT molecular complexity index is 1050. The van der Waals surface area contributed by atoms with Crippen molar-refractivity contribution in [1.29, 1.82) is 0 Å². The molecule has 10 heteroatoms. The average molecular weight is 433 g/mol. The minimum Gasteiger partial charge on any atom is -0.385 e. The summed E-state index contributed by atoms with van der Waals surface area (Å²) in [6.45, 7) is 2.81. The van der Waals surface area contributed by atoms with E-state index < -0.39 is 15.9 Å². The summed E-state index contributed by atoms with van der Waals surface area (Å²) in [6.07, 6.45) is 0. The van der Waals surface area contributed by atoms with Crippen molar-refractivity contribution in [3.05, 3.63) is 54.1 Å². The van der Waals surface area contributed by atoms with Crippen LogP contribution in [0, 0.1) is 0 Å². The first kappa shape index (κ1) is 23.0. The molecule has 0 aromatic heterocycles. The van der Waals surface area contributed by atoms with Crippen molar-refractivity contribution in [2.24, 2.45) is 5.16 Å². The van der Waals surface area contributed by atoms with Gasteiger partial charge in [-0.05, 0) is 42.8 Å². The van der Waals surface area contributed by atoms with Gasteiger partial charge < -0.3 is 15.5 Å². The summed E-state index contributed by atoms with van der Waals surface area (Å²) in [5.74, 6) is -0.640. The molecule has 2 amide bonds. The van der Waals surface area contributed by atoms with E-state index in [0.29, 0.717) is 17.1 Å². The van der Waals surface area contributed by atoms with Crippen molar-refractivity contribution in [1.82, 2.24) is 4.31 Å². The zero-order valence-corrected chi connectivity index (χ0v) is 18.0. The summed E-state index contributed by atoms with van der Waals surface area (Å²) in [5, 5.41) is 9.16. The van der Waals surface area contributed by atoms with Crippen LogP contribution in [0.4, 0.5) is 11.4 Å². The fraction of sp³-hybridized carbons (Fsp3) is 0.250. The van der Waals surface area contributed by atoms with E-state index in [1.807, 2.05) is 0 Å². The van der Waals surface area contributed by atoms with Gasteiger partial charge >= 0.3 is 0 Å². The first-order valence-electron chi connectivity index (χ1n) is 8.96. The number of nitrogens with one attached hydrogen (secondary N) is 2. The van der Waals surface area contributed by atoms with Crippen LogP contribution in [0.1, 0.15) is 19.4 Å². The van der Waals surface area contributed by atoms with Crippen LogP contribution in [0.2, 0.25) is 0 Å². The first-order chi connectivity index (χ1) is 14.1. The maximum atomic E-state index is 12.2. The van der Waals surface area contributed by atoms with E-state index in [1.54, 1.807) is 43.3 Å². The average Bonchev–Trinajstić information content (AvgIpc) is 2.68. The summed E-state index contributed by atoms with van der Waals surface area (Å²) in [7, 11) is -0.733. The van der Waals surface area contributed by atoms with Gasteiger partial charge in [-0.25, -0.2) is 12.7 Å². The Morgan fingerprint density at radius 3 is 2.27 bits per heavy atom. The third kappa shape index (κ3) is 6.39. The van der Waals surface area contributed by atoms with Crippen molar-refractivity contribution in [2.75, 3.05) is 31.3 Å². The van der Waals surface area contributed by atoms with Crippen LogP contribution >= 0.6 is 0 Å². The Hall–Kier alpha value is -3.24.